The zero-order valence-electron chi connectivity index (χ0n) is 17.9. The number of halogens is 17. The quantitative estimate of drug-likeness (QED) is 0.307. The Balaban J connectivity index is 3.60. The molecule has 21 heteroatoms. The maximum Gasteiger partial charge on any atom is 0.460 e. The topological polar surface area (TPSA) is 47.6 Å². The van der Waals surface area contributed by atoms with Gasteiger partial charge in [0, 0.05) is 6.07 Å². The second kappa shape index (κ2) is 9.38. The van der Waals surface area contributed by atoms with Gasteiger partial charge < -0.3 is 14.8 Å². The summed E-state index contributed by atoms with van der Waals surface area (Å²) >= 11 is 0. The van der Waals surface area contributed by atoms with Crippen molar-refractivity contribution in [2.75, 3.05) is 19.5 Å². The van der Waals surface area contributed by atoms with Crippen LogP contribution in [-0.4, -0.2) is 67.8 Å². The Bertz CT molecular complexity index is 1040. The van der Waals surface area contributed by atoms with E-state index in [9.17, 15) is 79.4 Å². The van der Waals surface area contributed by atoms with Crippen LogP contribution in [0.3, 0.4) is 0 Å². The van der Waals surface area contributed by atoms with Crippen molar-refractivity contribution in [3.8, 4) is 11.5 Å². The second-order valence-electron chi connectivity index (χ2n) is 7.04. The molecule has 1 amide bonds. The molecule has 0 bridgehead atoms. The number of nitrogens with one attached hydrogen (secondary N) is 1. The molecule has 1 aromatic rings. The first kappa shape index (κ1) is 33.1. The molecule has 1 aromatic carbocycles. The van der Waals surface area contributed by atoms with Gasteiger partial charge in [-0.15, -0.1) is 0 Å². The van der Waals surface area contributed by atoms with Gasteiger partial charge in [0.25, 0.3) is 0 Å². The van der Waals surface area contributed by atoms with E-state index in [2.05, 4.69) is 9.47 Å². The van der Waals surface area contributed by atoms with Crippen LogP contribution < -0.4 is 14.8 Å². The molecule has 0 aliphatic heterocycles. The average Bonchev–Trinajstić information content (AvgIpc) is 2.77. The standard InChI is InChI=1S/C17H10F17NO3/c1-37-6-3-4-7(8(5-6)38-2)35-9(36)10(18,19)11(20,21)12(22,23)13(24,25)14(26,27)15(28,29)16(30,31)17(32,33)34/h3-5H,1-2H3,(H,35,36). The number of carbonyl (C=O) groups excluding carboxylic acids is 1. The minimum Gasteiger partial charge on any atom is -0.497 e. The molecule has 0 atom stereocenters. The van der Waals surface area contributed by atoms with E-state index in [1.165, 1.54) is 0 Å². The summed E-state index contributed by atoms with van der Waals surface area (Å²) in [5.74, 6) is -63.0. The highest BCUT2D eigenvalue weighted by atomic mass is 19.4. The maximum absolute atomic E-state index is 14.0. The molecule has 0 aliphatic carbocycles. The molecule has 0 spiro atoms. The van der Waals surface area contributed by atoms with Crippen molar-refractivity contribution in [2.24, 2.45) is 0 Å². The van der Waals surface area contributed by atoms with Crippen molar-refractivity contribution in [3.05, 3.63) is 18.2 Å². The molecule has 1 rings (SSSR count). The third-order valence-corrected chi connectivity index (χ3v) is 4.66. The van der Waals surface area contributed by atoms with Crippen LogP contribution in [0.25, 0.3) is 0 Å². The van der Waals surface area contributed by atoms with E-state index in [0.29, 0.717) is 6.07 Å². The Morgan fingerprint density at radius 3 is 1.37 bits per heavy atom. The summed E-state index contributed by atoms with van der Waals surface area (Å²) in [5, 5.41) is 0.764. The Kier molecular flexibility index (Phi) is 8.18. The molecule has 1 N–H and O–H groups in total. The van der Waals surface area contributed by atoms with Gasteiger partial charge >= 0.3 is 53.5 Å². The molecule has 0 aromatic heterocycles. The van der Waals surface area contributed by atoms with Crippen molar-refractivity contribution in [1.82, 2.24) is 0 Å². The zero-order chi connectivity index (χ0) is 30.6. The van der Waals surface area contributed by atoms with Crippen molar-refractivity contribution < 1.29 is 88.9 Å². The van der Waals surface area contributed by atoms with Gasteiger partial charge in [-0.2, -0.15) is 74.6 Å². The van der Waals surface area contributed by atoms with Gasteiger partial charge in [-0.05, 0) is 12.1 Å². The highest BCUT2D eigenvalue weighted by Gasteiger charge is 2.95. The van der Waals surface area contributed by atoms with Gasteiger partial charge in [-0.3, -0.25) is 4.79 Å². The fourth-order valence-corrected chi connectivity index (χ4v) is 2.41. The van der Waals surface area contributed by atoms with Gasteiger partial charge in [-0.25, -0.2) is 0 Å². The van der Waals surface area contributed by atoms with Crippen molar-refractivity contribution in [2.45, 2.75) is 47.6 Å². The molecular weight excluding hydrogens is 589 g/mol. The molecule has 4 nitrogen and oxygen atoms in total. The first-order valence-electron chi connectivity index (χ1n) is 8.88. The Morgan fingerprint density at radius 2 is 1.00 bits per heavy atom. The minimum atomic E-state index is -8.78. The fraction of sp³-hybridized carbons (Fsp3) is 0.588. The van der Waals surface area contributed by atoms with Crippen molar-refractivity contribution >= 4 is 11.6 Å². The number of amides is 1. The fourth-order valence-electron chi connectivity index (χ4n) is 2.41. The van der Waals surface area contributed by atoms with E-state index in [0.717, 1.165) is 31.7 Å². The molecule has 0 radical (unpaired) electrons. The van der Waals surface area contributed by atoms with Crippen LogP contribution >= 0.6 is 0 Å². The summed E-state index contributed by atoms with van der Waals surface area (Å²) in [6.45, 7) is 0. The number of hydrogen-bond donors (Lipinski definition) is 1. The summed E-state index contributed by atoms with van der Waals surface area (Å²) in [6, 6.07) is 2.06. The van der Waals surface area contributed by atoms with Crippen LogP contribution in [0.1, 0.15) is 0 Å². The third-order valence-electron chi connectivity index (χ3n) is 4.66. The number of alkyl halides is 17. The Hall–Kier alpha value is -2.90. The van der Waals surface area contributed by atoms with E-state index >= 15 is 0 Å². The van der Waals surface area contributed by atoms with Gasteiger partial charge in [0.1, 0.15) is 11.5 Å². The van der Waals surface area contributed by atoms with Crippen LogP contribution in [0.4, 0.5) is 80.3 Å². The lowest BCUT2D eigenvalue weighted by Crippen LogP contribution is -2.75. The van der Waals surface area contributed by atoms with E-state index in [1.807, 2.05) is 0 Å². The number of hydrogen-bond acceptors (Lipinski definition) is 3. The number of methoxy groups -OCH3 is 2. The summed E-state index contributed by atoms with van der Waals surface area (Å²) in [6.07, 6.45) is -7.85. The van der Waals surface area contributed by atoms with E-state index in [1.54, 1.807) is 0 Å². The highest BCUT2D eigenvalue weighted by molar-refractivity contribution is 5.98. The van der Waals surface area contributed by atoms with Crippen LogP contribution in [0.5, 0.6) is 11.5 Å². The van der Waals surface area contributed by atoms with Crippen LogP contribution in [0.15, 0.2) is 18.2 Å². The number of carbonyl (C=O) groups is 1. The summed E-state index contributed by atoms with van der Waals surface area (Å²) in [5.41, 5.74) is -1.09. The van der Waals surface area contributed by atoms with Crippen LogP contribution in [0, 0.1) is 0 Å². The molecule has 0 heterocycles. The lowest BCUT2D eigenvalue weighted by molar-refractivity contribution is -0.459. The Morgan fingerprint density at radius 1 is 0.605 bits per heavy atom. The van der Waals surface area contributed by atoms with Gasteiger partial charge in [0.2, 0.25) is 0 Å². The maximum atomic E-state index is 14.0. The summed E-state index contributed by atoms with van der Waals surface area (Å²) in [4.78, 5) is 11.6. The lowest BCUT2D eigenvalue weighted by Gasteiger charge is -2.42. The number of ether oxygens (including phenoxy) is 2. The van der Waals surface area contributed by atoms with Crippen LogP contribution in [-0.2, 0) is 4.79 Å². The molecular formula is C17H10F17NO3. The normalized spacial score (nSPS) is 14.8. The molecule has 220 valence electrons. The zero-order valence-corrected chi connectivity index (χ0v) is 17.9. The van der Waals surface area contributed by atoms with Gasteiger partial charge in [-0.1, -0.05) is 0 Å². The second-order valence-corrected chi connectivity index (χ2v) is 7.04. The van der Waals surface area contributed by atoms with Crippen LogP contribution in [0.2, 0.25) is 0 Å². The largest absolute Gasteiger partial charge is 0.497 e. The van der Waals surface area contributed by atoms with Gasteiger partial charge in [0.15, 0.2) is 0 Å². The molecule has 0 aliphatic rings. The minimum absolute atomic E-state index is 0.165. The predicted molar refractivity (Wildman–Crippen MR) is 88.9 cm³/mol. The highest BCUT2D eigenvalue weighted by Crippen LogP contribution is 2.64. The smallest absolute Gasteiger partial charge is 0.460 e. The molecule has 0 saturated carbocycles. The molecule has 0 fully saturated rings. The number of anilines is 1. The van der Waals surface area contributed by atoms with Crippen molar-refractivity contribution in [1.29, 1.82) is 0 Å². The number of rotatable bonds is 10. The average molecular weight is 599 g/mol. The van der Waals surface area contributed by atoms with E-state index in [4.69, 9.17) is 0 Å². The lowest BCUT2D eigenvalue weighted by atomic mass is 9.89. The van der Waals surface area contributed by atoms with Gasteiger partial charge in [0.05, 0.1) is 19.9 Å². The third kappa shape index (κ3) is 4.50. The molecule has 0 saturated heterocycles. The van der Waals surface area contributed by atoms with E-state index < -0.39 is 65.0 Å². The first-order chi connectivity index (χ1) is 16.6. The Labute approximate surface area is 198 Å². The SMILES string of the molecule is COc1ccc(NC(=O)C(F)(F)C(F)(F)C(F)(F)C(F)(F)C(F)(F)C(F)(F)C(F)(F)C(F)(F)F)c(OC)c1. The summed E-state index contributed by atoms with van der Waals surface area (Å²) < 4.78 is 235. The molecule has 0 unspecified atom stereocenters. The molecule has 38 heavy (non-hydrogen) atoms. The van der Waals surface area contributed by atoms with Crippen molar-refractivity contribution in [3.63, 3.8) is 0 Å². The monoisotopic (exact) mass is 599 g/mol. The predicted octanol–water partition coefficient (Wildman–Crippen LogP) is 6.65. The first-order valence-corrected chi connectivity index (χ1v) is 8.88. The summed E-state index contributed by atoms with van der Waals surface area (Å²) in [7, 11) is 1.78. The van der Waals surface area contributed by atoms with E-state index in [-0.39, 0.29) is 5.75 Å². The number of benzene rings is 1.